The van der Waals surface area contributed by atoms with Gasteiger partial charge in [-0.1, -0.05) is 0 Å². The van der Waals surface area contributed by atoms with Gasteiger partial charge in [0.2, 0.25) is 5.90 Å². The number of aryl methyl sites for hydroxylation is 1. The van der Waals surface area contributed by atoms with Crippen molar-refractivity contribution in [3.8, 4) is 21.1 Å². The Hall–Kier alpha value is -3.06. The van der Waals surface area contributed by atoms with Crippen molar-refractivity contribution in [2.24, 2.45) is 4.99 Å². The minimum Gasteiger partial charge on any atom is -0.474 e. The first kappa shape index (κ1) is 17.1. The van der Waals surface area contributed by atoms with Gasteiger partial charge in [0.15, 0.2) is 0 Å². The summed E-state index contributed by atoms with van der Waals surface area (Å²) in [5, 5.41) is 1.81. The van der Waals surface area contributed by atoms with Crippen LogP contribution >= 0.6 is 11.3 Å². The molecule has 28 heavy (non-hydrogen) atoms. The van der Waals surface area contributed by atoms with E-state index in [9.17, 15) is 0 Å². The monoisotopic (exact) mass is 390 g/mol. The van der Waals surface area contributed by atoms with E-state index in [0.29, 0.717) is 18.2 Å². The SMILES string of the molecule is Cc1nc(-c2cccnc2)sc1-c1cc2occc2c(C2=NC(C)(C)CO2)n1. The highest BCUT2D eigenvalue weighted by molar-refractivity contribution is 7.18. The van der Waals surface area contributed by atoms with Gasteiger partial charge in [-0.2, -0.15) is 0 Å². The normalized spacial score (nSPS) is 15.6. The first-order valence-electron chi connectivity index (χ1n) is 9.00. The smallest absolute Gasteiger partial charge is 0.236 e. The van der Waals surface area contributed by atoms with Gasteiger partial charge < -0.3 is 9.15 Å². The van der Waals surface area contributed by atoms with Crippen LogP contribution in [0, 0.1) is 6.92 Å². The minimum atomic E-state index is -0.253. The molecule has 0 N–H and O–H groups in total. The summed E-state index contributed by atoms with van der Waals surface area (Å²) in [5.41, 5.74) is 3.93. The van der Waals surface area contributed by atoms with E-state index in [4.69, 9.17) is 24.1 Å². The molecule has 0 aromatic carbocycles. The van der Waals surface area contributed by atoms with E-state index in [-0.39, 0.29) is 5.54 Å². The van der Waals surface area contributed by atoms with Gasteiger partial charge in [0.05, 0.1) is 33.5 Å². The molecule has 0 saturated carbocycles. The number of ether oxygens (including phenoxy) is 1. The van der Waals surface area contributed by atoms with Crippen LogP contribution in [0.5, 0.6) is 0 Å². The molecule has 0 atom stereocenters. The third-order valence-electron chi connectivity index (χ3n) is 4.56. The Balaban J connectivity index is 1.66. The third kappa shape index (κ3) is 2.88. The lowest BCUT2D eigenvalue weighted by atomic mass is 10.1. The van der Waals surface area contributed by atoms with E-state index >= 15 is 0 Å². The zero-order chi connectivity index (χ0) is 19.3. The van der Waals surface area contributed by atoms with Crippen LogP contribution in [0.2, 0.25) is 0 Å². The Morgan fingerprint density at radius 3 is 2.82 bits per heavy atom. The van der Waals surface area contributed by atoms with Crippen molar-refractivity contribution >= 4 is 28.2 Å². The summed E-state index contributed by atoms with van der Waals surface area (Å²) in [7, 11) is 0. The summed E-state index contributed by atoms with van der Waals surface area (Å²) in [5.74, 6) is 0.563. The number of hydrogen-bond donors (Lipinski definition) is 0. The van der Waals surface area contributed by atoms with Gasteiger partial charge in [0, 0.05) is 24.0 Å². The number of fused-ring (bicyclic) bond motifs is 1. The summed E-state index contributed by atoms with van der Waals surface area (Å²) >= 11 is 1.59. The van der Waals surface area contributed by atoms with E-state index < -0.39 is 0 Å². The molecule has 0 radical (unpaired) electrons. The van der Waals surface area contributed by atoms with Gasteiger partial charge in [-0.3, -0.25) is 4.98 Å². The number of rotatable bonds is 3. The standard InChI is InChI=1S/C21H18N4O2S/c1-12-18(28-20(23-12)13-5-4-7-22-10-13)15-9-16-14(6-8-26-16)17(24-15)19-25-21(2,3)11-27-19/h4-10H,11H2,1-3H3. The molecule has 1 aliphatic rings. The maximum absolute atomic E-state index is 5.85. The molecule has 6 nitrogen and oxygen atoms in total. The molecule has 4 aromatic rings. The van der Waals surface area contributed by atoms with E-state index in [1.807, 2.05) is 51.2 Å². The van der Waals surface area contributed by atoms with Crippen LogP contribution in [0.1, 0.15) is 25.2 Å². The molecule has 7 heteroatoms. The van der Waals surface area contributed by atoms with Gasteiger partial charge >= 0.3 is 0 Å². The Labute approximate surface area is 166 Å². The Kier molecular flexibility index (Phi) is 3.80. The number of aliphatic imine (C=N–C) groups is 1. The molecule has 5 heterocycles. The summed E-state index contributed by atoms with van der Waals surface area (Å²) in [6, 6.07) is 7.77. The molecule has 0 unspecified atom stereocenters. The van der Waals surface area contributed by atoms with Crippen molar-refractivity contribution in [1.29, 1.82) is 0 Å². The highest BCUT2D eigenvalue weighted by Gasteiger charge is 2.29. The predicted octanol–water partition coefficient (Wildman–Crippen LogP) is 4.88. The van der Waals surface area contributed by atoms with Crippen LogP contribution in [-0.4, -0.2) is 33.0 Å². The van der Waals surface area contributed by atoms with E-state index in [0.717, 1.165) is 37.8 Å². The van der Waals surface area contributed by atoms with Crippen LogP contribution < -0.4 is 0 Å². The van der Waals surface area contributed by atoms with Crippen molar-refractivity contribution in [3.63, 3.8) is 0 Å². The molecule has 0 bridgehead atoms. The topological polar surface area (TPSA) is 73.4 Å². The lowest BCUT2D eigenvalue weighted by Crippen LogP contribution is -2.17. The molecule has 140 valence electrons. The molecular weight excluding hydrogens is 372 g/mol. The van der Waals surface area contributed by atoms with Crippen molar-refractivity contribution < 1.29 is 9.15 Å². The highest BCUT2D eigenvalue weighted by atomic mass is 32.1. The van der Waals surface area contributed by atoms with E-state index in [1.165, 1.54) is 0 Å². The zero-order valence-electron chi connectivity index (χ0n) is 15.8. The van der Waals surface area contributed by atoms with Gasteiger partial charge in [-0.25, -0.2) is 15.0 Å². The van der Waals surface area contributed by atoms with E-state index in [2.05, 4.69) is 4.98 Å². The Morgan fingerprint density at radius 2 is 2.07 bits per heavy atom. The van der Waals surface area contributed by atoms with Crippen LogP contribution in [0.25, 0.3) is 32.1 Å². The molecule has 0 spiro atoms. The number of hydrogen-bond acceptors (Lipinski definition) is 7. The van der Waals surface area contributed by atoms with Crippen molar-refractivity contribution in [2.75, 3.05) is 6.61 Å². The molecule has 0 saturated heterocycles. The largest absolute Gasteiger partial charge is 0.474 e. The fourth-order valence-corrected chi connectivity index (χ4v) is 4.21. The summed E-state index contributed by atoms with van der Waals surface area (Å²) in [6.07, 6.45) is 5.24. The summed E-state index contributed by atoms with van der Waals surface area (Å²) < 4.78 is 11.5. The molecule has 0 amide bonds. The van der Waals surface area contributed by atoms with Crippen molar-refractivity contribution in [2.45, 2.75) is 26.3 Å². The number of thiazole rings is 1. The molecular formula is C21H18N4O2S. The average molecular weight is 390 g/mol. The minimum absolute atomic E-state index is 0.253. The summed E-state index contributed by atoms with van der Waals surface area (Å²) in [4.78, 5) is 19.5. The highest BCUT2D eigenvalue weighted by Crippen LogP contribution is 2.36. The van der Waals surface area contributed by atoms with Crippen LogP contribution in [0.3, 0.4) is 0 Å². The number of aromatic nitrogens is 3. The second-order valence-electron chi connectivity index (χ2n) is 7.38. The predicted molar refractivity (Wildman–Crippen MR) is 110 cm³/mol. The number of furan rings is 1. The fourth-order valence-electron chi connectivity index (χ4n) is 3.20. The van der Waals surface area contributed by atoms with Gasteiger partial charge in [-0.05, 0) is 39.0 Å². The Bertz CT molecular complexity index is 1210. The van der Waals surface area contributed by atoms with Crippen molar-refractivity contribution in [3.05, 3.63) is 54.3 Å². The second-order valence-corrected chi connectivity index (χ2v) is 8.38. The lowest BCUT2D eigenvalue weighted by Gasteiger charge is -2.07. The van der Waals surface area contributed by atoms with Crippen LogP contribution in [0.15, 0.2) is 52.3 Å². The molecule has 5 rings (SSSR count). The molecule has 0 aliphatic carbocycles. The van der Waals surface area contributed by atoms with E-state index in [1.54, 1.807) is 23.8 Å². The second kappa shape index (κ2) is 6.24. The third-order valence-corrected chi connectivity index (χ3v) is 5.79. The molecule has 0 fully saturated rings. The fraction of sp³-hybridized carbons (Fsp3) is 0.238. The molecule has 1 aliphatic heterocycles. The maximum Gasteiger partial charge on any atom is 0.236 e. The number of nitrogens with zero attached hydrogens (tertiary/aromatic N) is 4. The first-order chi connectivity index (χ1) is 13.5. The maximum atomic E-state index is 5.85. The zero-order valence-corrected chi connectivity index (χ0v) is 16.6. The lowest BCUT2D eigenvalue weighted by molar-refractivity contribution is 0.279. The van der Waals surface area contributed by atoms with Gasteiger partial charge in [-0.15, -0.1) is 11.3 Å². The van der Waals surface area contributed by atoms with Crippen molar-refractivity contribution in [1.82, 2.24) is 15.0 Å². The molecule has 4 aromatic heterocycles. The van der Waals surface area contributed by atoms with Gasteiger partial charge in [0.25, 0.3) is 0 Å². The first-order valence-corrected chi connectivity index (χ1v) is 9.81. The van der Waals surface area contributed by atoms with Crippen LogP contribution in [0.4, 0.5) is 0 Å². The van der Waals surface area contributed by atoms with Crippen LogP contribution in [-0.2, 0) is 4.74 Å². The Morgan fingerprint density at radius 1 is 1.18 bits per heavy atom. The summed E-state index contributed by atoms with van der Waals surface area (Å²) in [6.45, 7) is 6.62. The quantitative estimate of drug-likeness (QED) is 0.499. The van der Waals surface area contributed by atoms with Gasteiger partial charge in [0.1, 0.15) is 22.9 Å². The average Bonchev–Trinajstić information content (AvgIpc) is 3.39. The number of pyridine rings is 2.